The maximum absolute atomic E-state index is 10.2. The van der Waals surface area contributed by atoms with Gasteiger partial charge >= 0.3 is 0 Å². The van der Waals surface area contributed by atoms with Gasteiger partial charge in [-0.2, -0.15) is 0 Å². The van der Waals surface area contributed by atoms with Crippen molar-refractivity contribution in [3.05, 3.63) is 305 Å². The number of aromatic hydroxyl groups is 15. The number of aliphatic hydroxyl groups is 7. The highest BCUT2D eigenvalue weighted by molar-refractivity contribution is 5.77. The summed E-state index contributed by atoms with van der Waals surface area (Å²) in [6.07, 6.45) is 20.6. The van der Waals surface area contributed by atoms with Crippen LogP contribution in [-0.2, 0) is 51.7 Å². The van der Waals surface area contributed by atoms with Crippen LogP contribution in [0.4, 0.5) is 0 Å². The SMILES string of the molecule is C=C(C)C(O)Cc1cc(/C=C/c2cc(C)cc(O)c2)cc(O)c1CO.C=C(C)C(O)Cc1cc(/C=C/c2cc(O)cc(O)c2)cc(O)c1O.CC(C)(O)C(O)Cc1cc(/C=C/c2cc(O)cc(O)c2)cc(O)c1CO.CC(C)(O)C1Cc2cc(/C=C/c3cc(O)cc(O)c3)cc(O)c2O1.CC(C)=CCc1cc(/C=C/c2cc(O)c(CC=C(C)C)c(O)c2)ccc1O. The highest BCUT2D eigenvalue weighted by atomic mass is 16.5. The Hall–Kier alpha value is -13.6. The molecule has 0 spiro atoms. The average molecular weight is 1720 g/mol. The lowest BCUT2D eigenvalue weighted by Crippen LogP contribution is -2.39. The second kappa shape index (κ2) is 45.1. The fourth-order valence-electron chi connectivity index (χ4n) is 12.9. The first-order valence-electron chi connectivity index (χ1n) is 40.4. The van der Waals surface area contributed by atoms with Crippen molar-refractivity contribution >= 4 is 60.8 Å². The van der Waals surface area contributed by atoms with Crippen LogP contribution < -0.4 is 4.74 Å². The first kappa shape index (κ1) is 99.5. The summed E-state index contributed by atoms with van der Waals surface area (Å²) in [4.78, 5) is 0. The first-order valence-corrected chi connectivity index (χ1v) is 40.4. The molecule has 10 aromatic rings. The molecular formula is C103H116O23. The molecule has 11 rings (SSSR count). The van der Waals surface area contributed by atoms with Crippen LogP contribution >= 0.6 is 0 Å². The van der Waals surface area contributed by atoms with Crippen molar-refractivity contribution in [1.29, 1.82) is 0 Å². The predicted molar refractivity (Wildman–Crippen MR) is 496 cm³/mol. The van der Waals surface area contributed by atoms with Crippen molar-refractivity contribution < 1.29 is 117 Å². The minimum atomic E-state index is -1.33. The van der Waals surface area contributed by atoms with Gasteiger partial charge in [-0.15, -0.1) is 0 Å². The van der Waals surface area contributed by atoms with Gasteiger partial charge in [-0.05, 0) is 276 Å². The van der Waals surface area contributed by atoms with Crippen molar-refractivity contribution in [3.63, 3.8) is 0 Å². The first-order chi connectivity index (χ1) is 59.1. The molecule has 1 aliphatic heterocycles. The van der Waals surface area contributed by atoms with Crippen LogP contribution in [0.5, 0.6) is 92.0 Å². The number of phenolic OH excluding ortho intramolecular Hbond substituents is 13. The van der Waals surface area contributed by atoms with E-state index in [9.17, 15) is 112 Å². The summed E-state index contributed by atoms with van der Waals surface area (Å²) in [5.74, 6) is 0.0780. The minimum absolute atomic E-state index is 0.0133. The molecule has 23 nitrogen and oxygen atoms in total. The lowest BCUT2D eigenvalue weighted by atomic mass is 9.91. The largest absolute Gasteiger partial charge is 0.508 e. The number of hydrogen-bond donors (Lipinski definition) is 22. The molecule has 666 valence electrons. The summed E-state index contributed by atoms with van der Waals surface area (Å²) in [5.41, 5.74) is 13.6. The molecule has 0 aromatic heterocycles. The molecule has 10 aromatic carbocycles. The zero-order chi connectivity index (χ0) is 93.4. The van der Waals surface area contributed by atoms with E-state index < -0.39 is 42.2 Å². The van der Waals surface area contributed by atoms with Gasteiger partial charge in [-0.3, -0.25) is 0 Å². The van der Waals surface area contributed by atoms with Crippen LogP contribution in [-0.4, -0.2) is 148 Å². The molecule has 22 N–H and O–H groups in total. The molecule has 0 fully saturated rings. The van der Waals surface area contributed by atoms with Crippen molar-refractivity contribution in [2.45, 2.75) is 164 Å². The number of aliphatic hydroxyl groups excluding tert-OH is 5. The number of phenols is 15. The van der Waals surface area contributed by atoms with Gasteiger partial charge in [0.2, 0.25) is 0 Å². The van der Waals surface area contributed by atoms with Gasteiger partial charge in [0, 0.05) is 71.7 Å². The van der Waals surface area contributed by atoms with Crippen LogP contribution in [0.3, 0.4) is 0 Å². The highest BCUT2D eigenvalue weighted by Gasteiger charge is 2.36. The Morgan fingerprint density at radius 2 is 0.690 bits per heavy atom. The summed E-state index contributed by atoms with van der Waals surface area (Å²) >= 11 is 0. The fourth-order valence-corrected chi connectivity index (χ4v) is 12.9. The standard InChI is InChI=1S/C24H28O3.C21H24O4.C20H24O6.2C19H20O5/c1-16(2)5-10-20-13-18(9-12-22(20)25)7-8-19-14-23(26)21(24(27)15-19)11-6-17(3)4;1-13(2)20(24)11-17-8-16(10-21(25)19(17)12-22)5-4-15-6-14(3)7-18(23)9-15;1-20(2,26)19(25)9-14-5-12(8-18(24)17(14)11-21)3-4-13-6-15(22)10-16(23)7-13;1-19(2,23)17-9-13-5-11(8-16(22)18(13)24-17)3-4-12-6-14(20)10-15(21)7-12;1-11(2)17(22)9-14-5-12(8-18(23)19(14)24)3-4-13-6-15(20)10-16(21)7-13/h5-9,12-15,25-27H,10-11H2,1-4H3;4-10,20,22-25H,1,11-12H2,2-3H3;3-8,10,19,21-26H,9,11H2,1-2H3;3-8,10,17,20-23H,9H2,1-2H3;3-8,10,17,20-24H,1,9H2,2H3/b8-7+;5-4+;3*4-3+. The van der Waals surface area contributed by atoms with Gasteiger partial charge < -0.3 is 117 Å². The van der Waals surface area contributed by atoms with Gasteiger partial charge in [0.05, 0.1) is 42.7 Å². The molecular weight excluding hydrogens is 1610 g/mol. The Bertz CT molecular complexity index is 5610. The Labute approximate surface area is 734 Å². The zero-order valence-electron chi connectivity index (χ0n) is 72.5. The molecule has 0 amide bonds. The molecule has 0 aliphatic carbocycles. The Balaban J connectivity index is 0.000000216. The van der Waals surface area contributed by atoms with E-state index in [0.29, 0.717) is 103 Å². The predicted octanol–water partition coefficient (Wildman–Crippen LogP) is 17.9. The Morgan fingerprint density at radius 3 is 1.08 bits per heavy atom. The number of allylic oxidation sites excluding steroid dienone is 4. The van der Waals surface area contributed by atoms with Crippen LogP contribution in [0.25, 0.3) is 60.8 Å². The maximum Gasteiger partial charge on any atom is 0.164 e. The smallest absolute Gasteiger partial charge is 0.164 e. The summed E-state index contributed by atoms with van der Waals surface area (Å²) in [6, 6.07) is 39.7. The van der Waals surface area contributed by atoms with E-state index in [-0.39, 0.29) is 112 Å². The molecule has 1 heterocycles. The van der Waals surface area contributed by atoms with Crippen molar-refractivity contribution in [2.24, 2.45) is 0 Å². The molecule has 126 heavy (non-hydrogen) atoms. The summed E-state index contributed by atoms with van der Waals surface area (Å²) < 4.78 is 5.66. The molecule has 0 saturated heterocycles. The second-order valence-corrected chi connectivity index (χ2v) is 32.7. The fraction of sp³-hybridized carbons (Fsp3) is 0.243. The third kappa shape index (κ3) is 31.0. The van der Waals surface area contributed by atoms with E-state index in [1.807, 2.05) is 95.3 Å². The third-order valence-corrected chi connectivity index (χ3v) is 20.0. The number of rotatable bonds is 26. The zero-order valence-corrected chi connectivity index (χ0v) is 72.5. The number of fused-ring (bicyclic) bond motifs is 1. The third-order valence-electron chi connectivity index (χ3n) is 20.0. The van der Waals surface area contributed by atoms with Crippen molar-refractivity contribution in [1.82, 2.24) is 0 Å². The highest BCUT2D eigenvalue weighted by Crippen LogP contribution is 2.42. The molecule has 23 heteroatoms. The number of ether oxygens (including phenoxy) is 1. The van der Waals surface area contributed by atoms with Crippen LogP contribution in [0.15, 0.2) is 199 Å². The van der Waals surface area contributed by atoms with E-state index in [0.717, 1.165) is 44.5 Å². The quantitative estimate of drug-likeness (QED) is 0.0136. The lowest BCUT2D eigenvalue weighted by molar-refractivity contribution is -0.0471. The normalized spacial score (nSPS) is 13.1. The van der Waals surface area contributed by atoms with Crippen molar-refractivity contribution in [3.8, 4) is 92.0 Å². The van der Waals surface area contributed by atoms with Crippen LogP contribution in [0.1, 0.15) is 175 Å². The van der Waals surface area contributed by atoms with E-state index in [1.54, 1.807) is 119 Å². The maximum atomic E-state index is 10.2. The van der Waals surface area contributed by atoms with Gasteiger partial charge in [-0.25, -0.2) is 0 Å². The molecule has 0 radical (unpaired) electrons. The molecule has 4 atom stereocenters. The minimum Gasteiger partial charge on any atom is -0.508 e. The number of benzene rings is 10. The van der Waals surface area contributed by atoms with Crippen molar-refractivity contribution in [2.75, 3.05) is 0 Å². The lowest BCUT2D eigenvalue weighted by Gasteiger charge is -2.25. The van der Waals surface area contributed by atoms with Gasteiger partial charge in [-0.1, -0.05) is 133 Å². The van der Waals surface area contributed by atoms with E-state index in [4.69, 9.17) is 4.74 Å². The Morgan fingerprint density at radius 1 is 0.365 bits per heavy atom. The Kier molecular flexibility index (Phi) is 35.6. The average Bonchev–Trinajstić information content (AvgIpc) is 1.61. The van der Waals surface area contributed by atoms with E-state index in [2.05, 4.69) is 19.2 Å². The molecule has 0 saturated carbocycles. The molecule has 4 unspecified atom stereocenters. The van der Waals surface area contributed by atoms with Crippen LogP contribution in [0.2, 0.25) is 0 Å². The molecule has 1 aliphatic rings. The summed E-state index contributed by atoms with van der Waals surface area (Å²) in [5, 5.41) is 216. The monoisotopic (exact) mass is 1720 g/mol. The summed E-state index contributed by atoms with van der Waals surface area (Å²) in [7, 11) is 0. The van der Waals surface area contributed by atoms with Crippen LogP contribution in [0, 0.1) is 6.92 Å². The second-order valence-electron chi connectivity index (χ2n) is 32.7. The number of hydrogen-bond acceptors (Lipinski definition) is 23. The topological polar surface area (TPSA) is 454 Å². The van der Waals surface area contributed by atoms with E-state index in [1.165, 1.54) is 86.2 Å². The van der Waals surface area contributed by atoms with Gasteiger partial charge in [0.25, 0.3) is 0 Å². The summed E-state index contributed by atoms with van der Waals surface area (Å²) in [6.45, 7) is 26.3. The number of aryl methyl sites for hydroxylation is 1. The van der Waals surface area contributed by atoms with Gasteiger partial charge in [0.15, 0.2) is 23.0 Å². The molecule has 0 bridgehead atoms. The van der Waals surface area contributed by atoms with Gasteiger partial charge in [0.1, 0.15) is 75.1 Å². The van der Waals surface area contributed by atoms with E-state index >= 15 is 0 Å².